The van der Waals surface area contributed by atoms with Crippen molar-refractivity contribution < 1.29 is 13.9 Å². The molecule has 2 aromatic rings. The van der Waals surface area contributed by atoms with Gasteiger partial charge in [-0.2, -0.15) is 0 Å². The second kappa shape index (κ2) is 10.3. The molecule has 1 aromatic carbocycles. The van der Waals surface area contributed by atoms with E-state index in [1.165, 1.54) is 36.6 Å². The minimum absolute atomic E-state index is 0.0118. The van der Waals surface area contributed by atoms with Crippen molar-refractivity contribution in [3.63, 3.8) is 0 Å². The summed E-state index contributed by atoms with van der Waals surface area (Å²) in [6.07, 6.45) is 8.13. The molecule has 3 rings (SSSR count). The molecule has 1 atom stereocenters. The first-order valence-electron chi connectivity index (χ1n) is 9.84. The van der Waals surface area contributed by atoms with Crippen molar-refractivity contribution in [3.8, 4) is 17.2 Å². The summed E-state index contributed by atoms with van der Waals surface area (Å²) in [4.78, 5) is 12.3. The van der Waals surface area contributed by atoms with Crippen LogP contribution in [0.15, 0.2) is 45.6 Å². The molecular formula is C21H27N3O3S. The molecule has 0 aliphatic heterocycles. The lowest BCUT2D eigenvalue weighted by Gasteiger charge is -2.14. The second-order valence-corrected chi connectivity index (χ2v) is 8.03. The summed E-state index contributed by atoms with van der Waals surface area (Å²) in [5.74, 6) is 1.22. The molecule has 7 heteroatoms. The number of benzene rings is 1. The van der Waals surface area contributed by atoms with Crippen molar-refractivity contribution in [2.45, 2.75) is 56.4 Å². The van der Waals surface area contributed by atoms with E-state index in [4.69, 9.17) is 9.15 Å². The van der Waals surface area contributed by atoms with Gasteiger partial charge in [0.05, 0.1) is 11.9 Å². The zero-order chi connectivity index (χ0) is 19.8. The fourth-order valence-corrected chi connectivity index (χ4v) is 3.77. The van der Waals surface area contributed by atoms with Gasteiger partial charge in [-0.25, -0.2) is 0 Å². The Bertz CT molecular complexity index is 801. The van der Waals surface area contributed by atoms with Crippen molar-refractivity contribution in [3.05, 3.63) is 35.9 Å². The Hall–Kier alpha value is -2.28. The molecule has 0 unspecified atom stereocenters. The highest BCUT2D eigenvalue weighted by Crippen LogP contribution is 2.27. The first-order valence-corrected chi connectivity index (χ1v) is 10.7. The summed E-state index contributed by atoms with van der Waals surface area (Å²) in [6.45, 7) is 5.09. The number of nitrogens with one attached hydrogen (secondary N) is 1. The molecule has 0 saturated heterocycles. The Balaban J connectivity index is 1.48. The van der Waals surface area contributed by atoms with Gasteiger partial charge in [-0.15, -0.1) is 10.2 Å². The van der Waals surface area contributed by atoms with Crippen LogP contribution in [0.5, 0.6) is 5.75 Å². The number of thioether (sulfide) groups is 1. The molecule has 0 radical (unpaired) electrons. The van der Waals surface area contributed by atoms with Gasteiger partial charge in [0.15, 0.2) is 0 Å². The average molecular weight is 402 g/mol. The fraction of sp³-hybridized carbons (Fsp3) is 0.476. The van der Waals surface area contributed by atoms with Crippen LogP contribution in [0.2, 0.25) is 0 Å². The van der Waals surface area contributed by atoms with E-state index in [1.807, 2.05) is 38.1 Å². The average Bonchev–Trinajstić information content (AvgIpc) is 3.18. The molecule has 28 heavy (non-hydrogen) atoms. The van der Waals surface area contributed by atoms with Crippen molar-refractivity contribution in [2.75, 3.05) is 13.2 Å². The monoisotopic (exact) mass is 401 g/mol. The van der Waals surface area contributed by atoms with Gasteiger partial charge in [-0.05, 0) is 70.2 Å². The zero-order valence-electron chi connectivity index (χ0n) is 16.4. The maximum atomic E-state index is 12.3. The molecule has 1 aromatic heterocycles. The molecule has 1 amide bonds. The number of hydrogen-bond donors (Lipinski definition) is 1. The lowest BCUT2D eigenvalue weighted by atomic mass is 9.97. The van der Waals surface area contributed by atoms with E-state index in [2.05, 4.69) is 21.6 Å². The van der Waals surface area contributed by atoms with E-state index in [0.717, 1.165) is 24.2 Å². The van der Waals surface area contributed by atoms with E-state index in [9.17, 15) is 4.79 Å². The fourth-order valence-electron chi connectivity index (χ4n) is 3.06. The van der Waals surface area contributed by atoms with Crippen LogP contribution in [-0.2, 0) is 4.79 Å². The van der Waals surface area contributed by atoms with Crippen LogP contribution >= 0.6 is 11.8 Å². The van der Waals surface area contributed by atoms with Crippen LogP contribution in [0, 0.1) is 0 Å². The smallest absolute Gasteiger partial charge is 0.277 e. The van der Waals surface area contributed by atoms with E-state index in [-0.39, 0.29) is 11.2 Å². The Kier molecular flexibility index (Phi) is 7.54. The van der Waals surface area contributed by atoms with Crippen LogP contribution in [0.3, 0.4) is 0 Å². The van der Waals surface area contributed by atoms with Crippen molar-refractivity contribution in [1.29, 1.82) is 0 Å². The van der Waals surface area contributed by atoms with Gasteiger partial charge in [0.25, 0.3) is 5.22 Å². The number of carbonyl (C=O) groups is 1. The number of allylic oxidation sites excluding steroid dienone is 1. The first kappa shape index (κ1) is 20.5. The molecule has 0 bridgehead atoms. The number of aromatic nitrogens is 2. The summed E-state index contributed by atoms with van der Waals surface area (Å²) in [6, 6.07) is 7.49. The summed E-state index contributed by atoms with van der Waals surface area (Å²) in [5.41, 5.74) is 2.28. The minimum Gasteiger partial charge on any atom is -0.494 e. The van der Waals surface area contributed by atoms with Gasteiger partial charge in [-0.3, -0.25) is 4.79 Å². The lowest BCUT2D eigenvalue weighted by molar-refractivity contribution is -0.120. The van der Waals surface area contributed by atoms with E-state index in [0.29, 0.717) is 24.3 Å². The SMILES string of the molecule is CCOc1ccc(-c2nnc(S[C@@H](C)C(=O)NCCC3=CCCCC3)o2)cc1. The molecule has 1 N–H and O–H groups in total. The maximum Gasteiger partial charge on any atom is 0.277 e. The summed E-state index contributed by atoms with van der Waals surface area (Å²) >= 11 is 1.27. The molecular weight excluding hydrogens is 374 g/mol. The Morgan fingerprint density at radius 1 is 1.29 bits per heavy atom. The van der Waals surface area contributed by atoms with Gasteiger partial charge in [0.1, 0.15) is 5.75 Å². The van der Waals surface area contributed by atoms with Crippen LogP contribution in [0.4, 0.5) is 0 Å². The van der Waals surface area contributed by atoms with Gasteiger partial charge in [-0.1, -0.05) is 23.4 Å². The van der Waals surface area contributed by atoms with Gasteiger partial charge in [0.2, 0.25) is 11.8 Å². The quantitative estimate of drug-likeness (QED) is 0.488. The van der Waals surface area contributed by atoms with Crippen LogP contribution in [-0.4, -0.2) is 34.5 Å². The molecule has 1 heterocycles. The highest BCUT2D eigenvalue weighted by molar-refractivity contribution is 8.00. The van der Waals surface area contributed by atoms with Crippen LogP contribution < -0.4 is 10.1 Å². The summed E-state index contributed by atoms with van der Waals surface area (Å²) in [5, 5.41) is 11.2. The van der Waals surface area contributed by atoms with E-state index >= 15 is 0 Å². The minimum atomic E-state index is -0.297. The number of hydrogen-bond acceptors (Lipinski definition) is 6. The zero-order valence-corrected chi connectivity index (χ0v) is 17.3. The molecule has 0 saturated carbocycles. The van der Waals surface area contributed by atoms with Crippen molar-refractivity contribution in [1.82, 2.24) is 15.5 Å². The van der Waals surface area contributed by atoms with Crippen LogP contribution in [0.25, 0.3) is 11.5 Å². The molecule has 0 fully saturated rings. The Morgan fingerprint density at radius 2 is 2.11 bits per heavy atom. The molecule has 150 valence electrons. The normalized spacial score (nSPS) is 15.0. The predicted octanol–water partition coefficient (Wildman–Crippen LogP) is 4.62. The highest BCUT2D eigenvalue weighted by atomic mass is 32.2. The van der Waals surface area contributed by atoms with Crippen LogP contribution in [0.1, 0.15) is 46.0 Å². The molecule has 6 nitrogen and oxygen atoms in total. The van der Waals surface area contributed by atoms with Crippen molar-refractivity contribution in [2.24, 2.45) is 0 Å². The third-order valence-corrected chi connectivity index (χ3v) is 5.53. The summed E-state index contributed by atoms with van der Waals surface area (Å²) < 4.78 is 11.1. The number of amides is 1. The molecule has 0 spiro atoms. The highest BCUT2D eigenvalue weighted by Gasteiger charge is 2.18. The van der Waals surface area contributed by atoms with E-state index in [1.54, 1.807) is 0 Å². The number of rotatable bonds is 9. The standard InChI is InChI=1S/C21H27N3O3S/c1-3-26-18-11-9-17(10-12-18)20-23-24-21(27-20)28-15(2)19(25)22-14-13-16-7-5-4-6-8-16/h7,9-12,15H,3-6,8,13-14H2,1-2H3,(H,22,25)/t15-/m0/s1. The number of ether oxygens (including phenoxy) is 1. The Morgan fingerprint density at radius 3 is 2.82 bits per heavy atom. The molecule has 1 aliphatic carbocycles. The lowest BCUT2D eigenvalue weighted by Crippen LogP contribution is -2.31. The third-order valence-electron chi connectivity index (χ3n) is 4.60. The topological polar surface area (TPSA) is 77.2 Å². The van der Waals surface area contributed by atoms with Gasteiger partial charge in [0, 0.05) is 12.1 Å². The number of nitrogens with zero attached hydrogens (tertiary/aromatic N) is 2. The second-order valence-electron chi connectivity index (χ2n) is 6.74. The third kappa shape index (κ3) is 5.86. The maximum absolute atomic E-state index is 12.3. The van der Waals surface area contributed by atoms with E-state index < -0.39 is 0 Å². The Labute approximate surface area is 170 Å². The predicted molar refractivity (Wildman–Crippen MR) is 110 cm³/mol. The van der Waals surface area contributed by atoms with Crippen molar-refractivity contribution >= 4 is 17.7 Å². The van der Waals surface area contributed by atoms with Gasteiger partial charge >= 0.3 is 0 Å². The number of carbonyl (C=O) groups excluding carboxylic acids is 1. The summed E-state index contributed by atoms with van der Waals surface area (Å²) in [7, 11) is 0. The van der Waals surface area contributed by atoms with Gasteiger partial charge < -0.3 is 14.5 Å². The molecule has 1 aliphatic rings. The largest absolute Gasteiger partial charge is 0.494 e. The first-order chi connectivity index (χ1) is 13.7.